The summed E-state index contributed by atoms with van der Waals surface area (Å²) in [6.45, 7) is 4.14. The van der Waals surface area contributed by atoms with E-state index in [0.29, 0.717) is 5.75 Å². The zero-order valence-corrected chi connectivity index (χ0v) is 15.0. The summed E-state index contributed by atoms with van der Waals surface area (Å²) >= 11 is 2.23. The lowest BCUT2D eigenvalue weighted by atomic mass is 10.0. The van der Waals surface area contributed by atoms with Gasteiger partial charge in [0.15, 0.2) is 6.61 Å². The van der Waals surface area contributed by atoms with E-state index in [1.54, 1.807) is 0 Å². The first kappa shape index (κ1) is 16.8. The van der Waals surface area contributed by atoms with E-state index in [2.05, 4.69) is 66.0 Å². The molecule has 0 aliphatic carbocycles. The van der Waals surface area contributed by atoms with Crippen LogP contribution in [0.4, 0.5) is 0 Å². The normalized spacial score (nSPS) is 11.8. The van der Waals surface area contributed by atoms with Gasteiger partial charge in [-0.15, -0.1) is 0 Å². The maximum absolute atomic E-state index is 12.1. The molecule has 2 rings (SSSR count). The second kappa shape index (κ2) is 8.17. The van der Waals surface area contributed by atoms with E-state index >= 15 is 0 Å². The number of carbonyl (C=O) groups excluding carboxylic acids is 1. The summed E-state index contributed by atoms with van der Waals surface area (Å²) < 4.78 is 6.65. The molecule has 0 aromatic heterocycles. The molecular weight excluding hydrogens is 389 g/mol. The zero-order valence-electron chi connectivity index (χ0n) is 12.8. The van der Waals surface area contributed by atoms with Crippen LogP contribution in [0, 0.1) is 10.5 Å². The average Bonchev–Trinajstić information content (AvgIpc) is 2.53. The lowest BCUT2D eigenvalue weighted by Crippen LogP contribution is -2.32. The third kappa shape index (κ3) is 5.02. The Balaban J connectivity index is 1.89. The van der Waals surface area contributed by atoms with Crippen molar-refractivity contribution in [2.45, 2.75) is 26.3 Å². The summed E-state index contributed by atoms with van der Waals surface area (Å²) in [5, 5.41) is 3.02. The summed E-state index contributed by atoms with van der Waals surface area (Å²) in [5.74, 6) is 0.602. The van der Waals surface area contributed by atoms with E-state index in [4.69, 9.17) is 4.74 Å². The van der Waals surface area contributed by atoms with Gasteiger partial charge in [-0.3, -0.25) is 4.79 Å². The van der Waals surface area contributed by atoms with Gasteiger partial charge in [-0.25, -0.2) is 0 Å². The number of aryl methyl sites for hydroxylation is 1. The van der Waals surface area contributed by atoms with Crippen molar-refractivity contribution in [3.8, 4) is 5.75 Å². The van der Waals surface area contributed by atoms with Gasteiger partial charge in [-0.05, 0) is 65.8 Å². The van der Waals surface area contributed by atoms with Gasteiger partial charge in [-0.2, -0.15) is 0 Å². The van der Waals surface area contributed by atoms with Crippen LogP contribution in [-0.4, -0.2) is 12.5 Å². The predicted molar refractivity (Wildman–Crippen MR) is 97.0 cm³/mol. The fraction of sp³-hybridized carbons (Fsp3) is 0.278. The van der Waals surface area contributed by atoms with Crippen molar-refractivity contribution in [1.82, 2.24) is 5.32 Å². The van der Waals surface area contributed by atoms with E-state index in [9.17, 15) is 4.79 Å². The number of halogens is 1. The summed E-state index contributed by atoms with van der Waals surface area (Å²) in [6.07, 6.45) is 0.846. The van der Waals surface area contributed by atoms with Gasteiger partial charge in [0.05, 0.1) is 6.04 Å². The molecule has 0 fully saturated rings. The molecule has 22 heavy (non-hydrogen) atoms. The van der Waals surface area contributed by atoms with Gasteiger partial charge in [0.1, 0.15) is 5.75 Å². The van der Waals surface area contributed by atoms with Crippen molar-refractivity contribution >= 4 is 28.5 Å². The molecule has 2 aromatic rings. The lowest BCUT2D eigenvalue weighted by Gasteiger charge is -2.18. The highest BCUT2D eigenvalue weighted by Crippen LogP contribution is 2.17. The molecule has 0 saturated heterocycles. The van der Waals surface area contributed by atoms with Crippen molar-refractivity contribution in [1.29, 1.82) is 0 Å². The van der Waals surface area contributed by atoms with Gasteiger partial charge in [0.2, 0.25) is 0 Å². The minimum absolute atomic E-state index is 0.0217. The summed E-state index contributed by atoms with van der Waals surface area (Å²) in [7, 11) is 0. The van der Waals surface area contributed by atoms with Crippen LogP contribution in [0.25, 0.3) is 0 Å². The standard InChI is InChI=1S/C18H20INO2/c1-3-17(14-6-4-13(2)5-7-14)20-18(21)12-22-16-10-8-15(19)9-11-16/h4-11,17H,3,12H2,1-2H3,(H,20,21)/t17-/m1/s1. The summed E-state index contributed by atoms with van der Waals surface area (Å²) in [6, 6.07) is 15.9. The maximum atomic E-state index is 12.1. The largest absolute Gasteiger partial charge is 0.484 e. The molecule has 1 atom stereocenters. The number of rotatable bonds is 6. The molecule has 116 valence electrons. The van der Waals surface area contributed by atoms with Crippen molar-refractivity contribution in [3.05, 3.63) is 63.2 Å². The Kier molecular flexibility index (Phi) is 6.24. The monoisotopic (exact) mass is 409 g/mol. The Morgan fingerprint density at radius 2 is 1.77 bits per heavy atom. The van der Waals surface area contributed by atoms with Crippen LogP contribution in [0.3, 0.4) is 0 Å². The first-order chi connectivity index (χ1) is 10.6. The number of amides is 1. The Morgan fingerprint density at radius 1 is 1.14 bits per heavy atom. The topological polar surface area (TPSA) is 38.3 Å². The number of carbonyl (C=O) groups is 1. The fourth-order valence-electron chi connectivity index (χ4n) is 2.14. The van der Waals surface area contributed by atoms with Crippen LogP contribution in [0.5, 0.6) is 5.75 Å². The average molecular weight is 409 g/mol. The smallest absolute Gasteiger partial charge is 0.258 e. The van der Waals surface area contributed by atoms with Gasteiger partial charge in [0, 0.05) is 3.57 Å². The van der Waals surface area contributed by atoms with Gasteiger partial charge < -0.3 is 10.1 Å². The van der Waals surface area contributed by atoms with E-state index in [-0.39, 0.29) is 18.6 Å². The molecule has 4 heteroatoms. The predicted octanol–water partition coefficient (Wildman–Crippen LogP) is 4.25. The molecule has 1 amide bonds. The van der Waals surface area contributed by atoms with Crippen molar-refractivity contribution in [3.63, 3.8) is 0 Å². The van der Waals surface area contributed by atoms with Crippen LogP contribution in [0.15, 0.2) is 48.5 Å². The van der Waals surface area contributed by atoms with Crippen LogP contribution in [0.2, 0.25) is 0 Å². The quantitative estimate of drug-likeness (QED) is 0.725. The molecule has 0 saturated carbocycles. The number of hydrogen-bond donors (Lipinski definition) is 1. The minimum Gasteiger partial charge on any atom is -0.484 e. The van der Waals surface area contributed by atoms with Gasteiger partial charge in [-0.1, -0.05) is 36.8 Å². The van der Waals surface area contributed by atoms with Crippen molar-refractivity contribution < 1.29 is 9.53 Å². The number of ether oxygens (including phenoxy) is 1. The molecule has 0 aliphatic heterocycles. The molecule has 3 nitrogen and oxygen atoms in total. The highest BCUT2D eigenvalue weighted by molar-refractivity contribution is 14.1. The Morgan fingerprint density at radius 3 is 2.36 bits per heavy atom. The second-order valence-corrected chi connectivity index (χ2v) is 6.43. The van der Waals surface area contributed by atoms with Crippen molar-refractivity contribution in [2.75, 3.05) is 6.61 Å². The highest BCUT2D eigenvalue weighted by atomic mass is 127. The summed E-state index contributed by atoms with van der Waals surface area (Å²) in [5.41, 5.74) is 2.34. The van der Waals surface area contributed by atoms with Crippen LogP contribution >= 0.6 is 22.6 Å². The Hall–Kier alpha value is -1.56. The SMILES string of the molecule is CC[C@@H](NC(=O)COc1ccc(I)cc1)c1ccc(C)cc1. The van der Waals surface area contributed by atoms with Gasteiger partial charge >= 0.3 is 0 Å². The molecule has 0 spiro atoms. The third-order valence-electron chi connectivity index (χ3n) is 3.41. The maximum Gasteiger partial charge on any atom is 0.258 e. The van der Waals surface area contributed by atoms with E-state index in [0.717, 1.165) is 15.6 Å². The minimum atomic E-state index is -0.106. The molecular formula is C18H20INO2. The molecule has 2 aromatic carbocycles. The Labute approximate surface area is 145 Å². The number of hydrogen-bond acceptors (Lipinski definition) is 2. The van der Waals surface area contributed by atoms with Crippen LogP contribution in [-0.2, 0) is 4.79 Å². The first-order valence-electron chi connectivity index (χ1n) is 7.32. The molecule has 0 heterocycles. The van der Waals surface area contributed by atoms with E-state index < -0.39 is 0 Å². The van der Waals surface area contributed by atoms with E-state index in [1.165, 1.54) is 5.56 Å². The summed E-state index contributed by atoms with van der Waals surface area (Å²) in [4.78, 5) is 12.1. The number of nitrogens with one attached hydrogen (secondary N) is 1. The zero-order chi connectivity index (χ0) is 15.9. The molecule has 1 N–H and O–H groups in total. The van der Waals surface area contributed by atoms with Crippen molar-refractivity contribution in [2.24, 2.45) is 0 Å². The fourth-order valence-corrected chi connectivity index (χ4v) is 2.50. The lowest BCUT2D eigenvalue weighted by molar-refractivity contribution is -0.123. The third-order valence-corrected chi connectivity index (χ3v) is 4.13. The molecule has 0 bridgehead atoms. The van der Waals surface area contributed by atoms with Crippen LogP contribution in [0.1, 0.15) is 30.5 Å². The van der Waals surface area contributed by atoms with E-state index in [1.807, 2.05) is 24.3 Å². The Bertz CT molecular complexity index is 608. The van der Waals surface area contributed by atoms with Crippen LogP contribution < -0.4 is 10.1 Å². The molecule has 0 radical (unpaired) electrons. The highest BCUT2D eigenvalue weighted by Gasteiger charge is 2.13. The number of benzene rings is 2. The molecule has 0 unspecified atom stereocenters. The van der Waals surface area contributed by atoms with Gasteiger partial charge in [0.25, 0.3) is 5.91 Å². The first-order valence-corrected chi connectivity index (χ1v) is 8.40. The second-order valence-electron chi connectivity index (χ2n) is 5.18. The molecule has 0 aliphatic rings.